The molecule has 0 radical (unpaired) electrons. The van der Waals surface area contributed by atoms with Gasteiger partial charge in [-0.1, -0.05) is 6.07 Å². The molecule has 7 nitrogen and oxygen atoms in total. The minimum Gasteiger partial charge on any atom is -0.343 e. The summed E-state index contributed by atoms with van der Waals surface area (Å²) in [5.74, 6) is 1.56. The summed E-state index contributed by atoms with van der Waals surface area (Å²) in [6.07, 6.45) is 4.19. The molecule has 2 aromatic heterocycles. The maximum absolute atomic E-state index is 12.5. The van der Waals surface area contributed by atoms with Crippen molar-refractivity contribution < 1.29 is 4.79 Å². The van der Waals surface area contributed by atoms with Crippen molar-refractivity contribution in [1.82, 2.24) is 24.4 Å². The first kappa shape index (κ1) is 15.4. The van der Waals surface area contributed by atoms with E-state index in [0.717, 1.165) is 39.0 Å². The summed E-state index contributed by atoms with van der Waals surface area (Å²) in [7, 11) is 0. The van der Waals surface area contributed by atoms with Crippen LogP contribution in [0.25, 0.3) is 5.65 Å². The molecule has 0 aromatic carbocycles. The first-order valence-electron chi connectivity index (χ1n) is 8.75. The van der Waals surface area contributed by atoms with E-state index < -0.39 is 0 Å². The number of hydrogen-bond acceptors (Lipinski definition) is 4. The Kier molecular flexibility index (Phi) is 4.10. The topological polar surface area (TPSA) is 71.6 Å². The van der Waals surface area contributed by atoms with Crippen molar-refractivity contribution in [1.29, 1.82) is 0 Å². The van der Waals surface area contributed by atoms with Crippen LogP contribution in [0.4, 0.5) is 0 Å². The van der Waals surface area contributed by atoms with Gasteiger partial charge in [-0.05, 0) is 49.9 Å². The number of aryl methyl sites for hydroxylation is 1. The van der Waals surface area contributed by atoms with Gasteiger partial charge in [0.25, 0.3) is 0 Å². The molecule has 2 saturated heterocycles. The smallest absolute Gasteiger partial charge is 0.343 e. The van der Waals surface area contributed by atoms with Gasteiger partial charge in [0.05, 0.1) is 6.54 Å². The molecule has 24 heavy (non-hydrogen) atoms. The van der Waals surface area contributed by atoms with Gasteiger partial charge in [-0.15, -0.1) is 5.10 Å². The molecule has 2 fully saturated rings. The third kappa shape index (κ3) is 2.84. The second-order valence-corrected chi connectivity index (χ2v) is 6.82. The summed E-state index contributed by atoms with van der Waals surface area (Å²) in [5.41, 5.74) is 0.430. The lowest BCUT2D eigenvalue weighted by Crippen LogP contribution is -2.34. The van der Waals surface area contributed by atoms with E-state index in [1.165, 1.54) is 9.08 Å². The zero-order chi connectivity index (χ0) is 16.5. The molecular weight excluding hydrogens is 306 g/mol. The Labute approximate surface area is 140 Å². The zero-order valence-electron chi connectivity index (χ0n) is 13.7. The van der Waals surface area contributed by atoms with Crippen LogP contribution in [-0.4, -0.2) is 51.2 Å². The second kappa shape index (κ2) is 6.39. The molecule has 4 rings (SSSR count). The van der Waals surface area contributed by atoms with Crippen LogP contribution in [0.15, 0.2) is 29.2 Å². The Bertz CT molecular complexity index is 782. The minimum atomic E-state index is -0.185. The van der Waals surface area contributed by atoms with Crippen molar-refractivity contribution in [2.45, 2.75) is 25.8 Å². The number of likely N-dealkylation sites (tertiary alicyclic amines) is 1. The molecule has 0 aliphatic carbocycles. The van der Waals surface area contributed by atoms with Gasteiger partial charge in [-0.2, -0.15) is 0 Å². The van der Waals surface area contributed by atoms with Gasteiger partial charge in [-0.3, -0.25) is 9.20 Å². The largest absolute Gasteiger partial charge is 0.350 e. The van der Waals surface area contributed by atoms with E-state index >= 15 is 0 Å². The lowest BCUT2D eigenvalue weighted by Gasteiger charge is -2.20. The number of carbonyl (C=O) groups excluding carboxylic acids is 1. The Balaban J connectivity index is 1.39. The number of aromatic nitrogens is 3. The van der Waals surface area contributed by atoms with Crippen molar-refractivity contribution in [3.05, 3.63) is 34.9 Å². The van der Waals surface area contributed by atoms with Crippen molar-refractivity contribution in [2.24, 2.45) is 11.8 Å². The molecule has 0 unspecified atom stereocenters. The fraction of sp³-hybridized carbons (Fsp3) is 0.588. The van der Waals surface area contributed by atoms with E-state index in [9.17, 15) is 9.59 Å². The molecule has 1 N–H and O–H groups in total. The Hall–Kier alpha value is -2.15. The van der Waals surface area contributed by atoms with Gasteiger partial charge in [-0.25, -0.2) is 9.48 Å². The van der Waals surface area contributed by atoms with Gasteiger partial charge >= 0.3 is 5.69 Å². The van der Waals surface area contributed by atoms with Crippen molar-refractivity contribution in [2.75, 3.05) is 26.2 Å². The molecule has 4 heterocycles. The van der Waals surface area contributed by atoms with Gasteiger partial charge in [0, 0.05) is 25.7 Å². The molecule has 0 bridgehead atoms. The summed E-state index contributed by atoms with van der Waals surface area (Å²) in [6, 6.07) is 5.44. The molecule has 7 heteroatoms. The fourth-order valence-electron chi connectivity index (χ4n) is 3.94. The second-order valence-electron chi connectivity index (χ2n) is 6.82. The van der Waals surface area contributed by atoms with Crippen LogP contribution in [0.1, 0.15) is 19.3 Å². The highest BCUT2D eigenvalue weighted by atomic mass is 16.2. The molecule has 2 atom stereocenters. The average Bonchev–Trinajstić information content (AvgIpc) is 3.12. The summed E-state index contributed by atoms with van der Waals surface area (Å²) >= 11 is 0. The maximum Gasteiger partial charge on any atom is 0.350 e. The standard InChI is InChI=1S/C17H23N5O2/c23-16(20-8-4-13-11-18-12-14(13)5-9-20)6-10-22-17(24)21-7-2-1-3-15(21)19-22/h1-3,7,13-14,18H,4-6,8-12H2/t13-,14+. The monoisotopic (exact) mass is 329 g/mol. The number of nitrogens with one attached hydrogen (secondary N) is 1. The number of nitrogens with zero attached hydrogens (tertiary/aromatic N) is 4. The number of fused-ring (bicyclic) bond motifs is 2. The highest BCUT2D eigenvalue weighted by Crippen LogP contribution is 2.27. The van der Waals surface area contributed by atoms with E-state index in [-0.39, 0.29) is 11.6 Å². The van der Waals surface area contributed by atoms with Crippen LogP contribution in [0.5, 0.6) is 0 Å². The Morgan fingerprint density at radius 3 is 2.67 bits per heavy atom. The normalized spacial score (nSPS) is 24.1. The van der Waals surface area contributed by atoms with Crippen LogP contribution in [-0.2, 0) is 11.3 Å². The Morgan fingerprint density at radius 2 is 1.96 bits per heavy atom. The van der Waals surface area contributed by atoms with Crippen LogP contribution in [0, 0.1) is 11.8 Å². The zero-order valence-corrected chi connectivity index (χ0v) is 13.7. The molecule has 2 aromatic rings. The predicted molar refractivity (Wildman–Crippen MR) is 89.7 cm³/mol. The highest BCUT2D eigenvalue weighted by molar-refractivity contribution is 5.76. The summed E-state index contributed by atoms with van der Waals surface area (Å²) in [5, 5.41) is 7.73. The lowest BCUT2D eigenvalue weighted by molar-refractivity contribution is -0.131. The van der Waals surface area contributed by atoms with Crippen LogP contribution < -0.4 is 11.0 Å². The third-order valence-corrected chi connectivity index (χ3v) is 5.40. The SMILES string of the molecule is O=C(CCn1nc2ccccn2c1=O)N1CC[C@@H]2CNC[C@@H]2CC1. The van der Waals surface area contributed by atoms with Crippen LogP contribution >= 0.6 is 0 Å². The molecule has 2 aliphatic rings. The average molecular weight is 329 g/mol. The van der Waals surface area contributed by atoms with Gasteiger partial charge in [0.1, 0.15) is 0 Å². The van der Waals surface area contributed by atoms with E-state index in [2.05, 4.69) is 10.4 Å². The number of amides is 1. The number of carbonyl (C=O) groups is 1. The predicted octanol–water partition coefficient (Wildman–Crippen LogP) is 0.344. The first-order valence-corrected chi connectivity index (χ1v) is 8.75. The Morgan fingerprint density at radius 1 is 1.21 bits per heavy atom. The van der Waals surface area contributed by atoms with Crippen molar-refractivity contribution in [3.8, 4) is 0 Å². The van der Waals surface area contributed by atoms with Gasteiger partial charge < -0.3 is 10.2 Å². The maximum atomic E-state index is 12.5. The van der Waals surface area contributed by atoms with E-state index in [0.29, 0.717) is 30.4 Å². The van der Waals surface area contributed by atoms with Gasteiger partial charge in [0.15, 0.2) is 5.65 Å². The lowest BCUT2D eigenvalue weighted by atomic mass is 9.92. The minimum absolute atomic E-state index is 0.131. The van der Waals surface area contributed by atoms with E-state index in [1.54, 1.807) is 18.3 Å². The summed E-state index contributed by atoms with van der Waals surface area (Å²) in [6.45, 7) is 4.18. The molecule has 2 aliphatic heterocycles. The summed E-state index contributed by atoms with van der Waals surface area (Å²) in [4.78, 5) is 26.7. The van der Waals surface area contributed by atoms with Crippen LogP contribution in [0.2, 0.25) is 0 Å². The van der Waals surface area contributed by atoms with E-state index in [4.69, 9.17) is 0 Å². The van der Waals surface area contributed by atoms with Gasteiger partial charge in [0.2, 0.25) is 5.91 Å². The highest BCUT2D eigenvalue weighted by Gasteiger charge is 2.31. The first-order chi connectivity index (χ1) is 11.7. The molecule has 0 spiro atoms. The van der Waals surface area contributed by atoms with Crippen LogP contribution in [0.3, 0.4) is 0 Å². The van der Waals surface area contributed by atoms with E-state index in [1.807, 2.05) is 11.0 Å². The quantitative estimate of drug-likeness (QED) is 0.882. The molecule has 128 valence electrons. The molecule has 1 amide bonds. The summed E-state index contributed by atoms with van der Waals surface area (Å²) < 4.78 is 2.90. The molecular formula is C17H23N5O2. The third-order valence-electron chi connectivity index (χ3n) is 5.40. The van der Waals surface area contributed by atoms with Crippen molar-refractivity contribution in [3.63, 3.8) is 0 Å². The number of hydrogen-bond donors (Lipinski definition) is 1. The van der Waals surface area contributed by atoms with Crippen molar-refractivity contribution >= 4 is 11.6 Å². The molecule has 0 saturated carbocycles. The number of pyridine rings is 1. The number of rotatable bonds is 3. The fourth-order valence-corrected chi connectivity index (χ4v) is 3.94.